The lowest BCUT2D eigenvalue weighted by Crippen LogP contribution is -2.02. The van der Waals surface area contributed by atoms with Gasteiger partial charge in [-0.05, 0) is 47.0 Å². The van der Waals surface area contributed by atoms with Crippen molar-refractivity contribution in [2.24, 2.45) is 0 Å². The van der Waals surface area contributed by atoms with Crippen LogP contribution in [0.3, 0.4) is 0 Å². The summed E-state index contributed by atoms with van der Waals surface area (Å²) < 4.78 is 12.4. The van der Waals surface area contributed by atoms with Crippen molar-refractivity contribution < 1.29 is 9.47 Å². The molecule has 0 amide bonds. The van der Waals surface area contributed by atoms with E-state index in [4.69, 9.17) is 21.1 Å². The van der Waals surface area contributed by atoms with Gasteiger partial charge in [0.05, 0.1) is 17.7 Å². The summed E-state index contributed by atoms with van der Waals surface area (Å²) in [6, 6.07) is 3.94. The first-order chi connectivity index (χ1) is 9.72. The topological polar surface area (TPSA) is 18.5 Å². The molecule has 4 heteroatoms. The molecule has 1 aromatic rings. The Bertz CT molecular complexity index is 396. The second-order valence-electron chi connectivity index (χ2n) is 4.73. The lowest BCUT2D eigenvalue weighted by Gasteiger charge is -2.15. The standard InChI is InChI=1S/C16H24BrClO2/c1-3-5-6-7-8-9-20-16-14(17)10-13(12-18)11-15(16)19-4-2/h10-11H,3-9,12H2,1-2H3. The summed E-state index contributed by atoms with van der Waals surface area (Å²) in [5.74, 6) is 2.03. The Hall–Kier alpha value is -0.410. The van der Waals surface area contributed by atoms with Crippen LogP contribution in [0.4, 0.5) is 0 Å². The molecule has 114 valence electrons. The molecular formula is C16H24BrClO2. The summed E-state index contributed by atoms with van der Waals surface area (Å²) in [4.78, 5) is 0. The van der Waals surface area contributed by atoms with Crippen molar-refractivity contribution in [2.45, 2.75) is 51.8 Å². The van der Waals surface area contributed by atoms with Crippen molar-refractivity contribution in [1.29, 1.82) is 0 Å². The van der Waals surface area contributed by atoms with Crippen LogP contribution in [0.15, 0.2) is 16.6 Å². The van der Waals surface area contributed by atoms with E-state index in [0.717, 1.165) is 34.6 Å². The Kier molecular flexibility index (Phi) is 9.12. The minimum atomic E-state index is 0.468. The van der Waals surface area contributed by atoms with Gasteiger partial charge in [0.2, 0.25) is 0 Å². The fourth-order valence-corrected chi connectivity index (χ4v) is 2.74. The maximum Gasteiger partial charge on any atom is 0.175 e. The molecule has 0 aliphatic heterocycles. The molecule has 0 bridgehead atoms. The van der Waals surface area contributed by atoms with E-state index in [1.54, 1.807) is 0 Å². The smallest absolute Gasteiger partial charge is 0.175 e. The molecule has 0 aliphatic carbocycles. The molecule has 1 rings (SSSR count). The van der Waals surface area contributed by atoms with Gasteiger partial charge >= 0.3 is 0 Å². The zero-order chi connectivity index (χ0) is 14.8. The van der Waals surface area contributed by atoms with Gasteiger partial charge < -0.3 is 9.47 Å². The Balaban J connectivity index is 2.58. The molecule has 0 N–H and O–H groups in total. The summed E-state index contributed by atoms with van der Waals surface area (Å²) in [5, 5.41) is 0. The van der Waals surface area contributed by atoms with E-state index in [2.05, 4.69) is 22.9 Å². The van der Waals surface area contributed by atoms with Gasteiger partial charge in [0.25, 0.3) is 0 Å². The predicted molar refractivity (Wildman–Crippen MR) is 89.1 cm³/mol. The molecule has 0 heterocycles. The van der Waals surface area contributed by atoms with Crippen LogP contribution in [0, 0.1) is 0 Å². The zero-order valence-corrected chi connectivity index (χ0v) is 14.7. The summed E-state index contributed by atoms with van der Waals surface area (Å²) in [5.41, 5.74) is 1.03. The Morgan fingerprint density at radius 3 is 2.45 bits per heavy atom. The molecule has 0 aromatic heterocycles. The SMILES string of the molecule is CCCCCCCOc1c(Br)cc(CCl)cc1OCC. The molecular weight excluding hydrogens is 340 g/mol. The molecule has 0 fully saturated rings. The number of rotatable bonds is 10. The first-order valence-corrected chi connectivity index (χ1v) is 8.69. The summed E-state index contributed by atoms with van der Waals surface area (Å²) in [6.07, 6.45) is 6.15. The second-order valence-corrected chi connectivity index (χ2v) is 5.86. The Morgan fingerprint density at radius 1 is 1.05 bits per heavy atom. The van der Waals surface area contributed by atoms with Crippen LogP contribution >= 0.6 is 27.5 Å². The van der Waals surface area contributed by atoms with E-state index < -0.39 is 0 Å². The third-order valence-corrected chi connectivity index (χ3v) is 3.92. The summed E-state index contributed by atoms with van der Waals surface area (Å²) in [7, 11) is 0. The molecule has 0 saturated carbocycles. The average molecular weight is 364 g/mol. The molecule has 0 spiro atoms. The van der Waals surface area contributed by atoms with Gasteiger partial charge in [-0.15, -0.1) is 11.6 Å². The average Bonchev–Trinajstić information content (AvgIpc) is 2.44. The first kappa shape index (κ1) is 17.6. The molecule has 0 radical (unpaired) electrons. The molecule has 20 heavy (non-hydrogen) atoms. The molecule has 2 nitrogen and oxygen atoms in total. The third-order valence-electron chi connectivity index (χ3n) is 3.02. The van der Waals surface area contributed by atoms with Crippen molar-refractivity contribution in [3.8, 4) is 11.5 Å². The molecule has 0 atom stereocenters. The van der Waals surface area contributed by atoms with Crippen LogP contribution in [0.1, 0.15) is 51.5 Å². The van der Waals surface area contributed by atoms with Crippen LogP contribution in [0.5, 0.6) is 11.5 Å². The summed E-state index contributed by atoms with van der Waals surface area (Å²) >= 11 is 9.42. The maximum atomic E-state index is 5.89. The number of unbranched alkanes of at least 4 members (excludes halogenated alkanes) is 4. The van der Waals surface area contributed by atoms with Crippen LogP contribution in [0.25, 0.3) is 0 Å². The van der Waals surface area contributed by atoms with E-state index >= 15 is 0 Å². The van der Waals surface area contributed by atoms with Crippen LogP contribution < -0.4 is 9.47 Å². The van der Waals surface area contributed by atoms with Crippen LogP contribution in [-0.4, -0.2) is 13.2 Å². The maximum absolute atomic E-state index is 5.89. The number of hydrogen-bond donors (Lipinski definition) is 0. The number of benzene rings is 1. The highest BCUT2D eigenvalue weighted by atomic mass is 79.9. The van der Waals surface area contributed by atoms with Crippen LogP contribution in [-0.2, 0) is 5.88 Å². The minimum Gasteiger partial charge on any atom is -0.490 e. The zero-order valence-electron chi connectivity index (χ0n) is 12.4. The second kappa shape index (κ2) is 10.3. The fraction of sp³-hybridized carbons (Fsp3) is 0.625. The van der Waals surface area contributed by atoms with Crippen molar-refractivity contribution >= 4 is 27.5 Å². The van der Waals surface area contributed by atoms with E-state index in [1.807, 2.05) is 19.1 Å². The van der Waals surface area contributed by atoms with Gasteiger partial charge in [0.15, 0.2) is 11.5 Å². The largest absolute Gasteiger partial charge is 0.490 e. The van der Waals surface area contributed by atoms with E-state index in [-0.39, 0.29) is 0 Å². The van der Waals surface area contributed by atoms with E-state index in [0.29, 0.717) is 12.5 Å². The van der Waals surface area contributed by atoms with Gasteiger partial charge in [0, 0.05) is 5.88 Å². The predicted octanol–water partition coefficient (Wildman–Crippen LogP) is 5.94. The van der Waals surface area contributed by atoms with Crippen molar-refractivity contribution in [1.82, 2.24) is 0 Å². The number of alkyl halides is 1. The highest BCUT2D eigenvalue weighted by Gasteiger charge is 2.11. The van der Waals surface area contributed by atoms with Gasteiger partial charge in [-0.1, -0.05) is 32.6 Å². The van der Waals surface area contributed by atoms with Crippen molar-refractivity contribution in [3.05, 3.63) is 22.2 Å². The van der Waals surface area contributed by atoms with E-state index in [1.165, 1.54) is 25.7 Å². The normalized spacial score (nSPS) is 10.6. The van der Waals surface area contributed by atoms with Gasteiger partial charge in [-0.25, -0.2) is 0 Å². The highest BCUT2D eigenvalue weighted by molar-refractivity contribution is 9.10. The molecule has 0 aliphatic rings. The minimum absolute atomic E-state index is 0.468. The van der Waals surface area contributed by atoms with Gasteiger partial charge in [0.1, 0.15) is 0 Å². The quantitative estimate of drug-likeness (QED) is 0.378. The lowest BCUT2D eigenvalue weighted by molar-refractivity contribution is 0.268. The Labute approximate surface area is 135 Å². The summed E-state index contributed by atoms with van der Waals surface area (Å²) in [6.45, 7) is 5.53. The van der Waals surface area contributed by atoms with Gasteiger partial charge in [-0.2, -0.15) is 0 Å². The fourth-order valence-electron chi connectivity index (χ4n) is 1.98. The third kappa shape index (κ3) is 5.92. The van der Waals surface area contributed by atoms with Crippen molar-refractivity contribution in [3.63, 3.8) is 0 Å². The Morgan fingerprint density at radius 2 is 1.80 bits per heavy atom. The highest BCUT2D eigenvalue weighted by Crippen LogP contribution is 2.37. The molecule has 1 aromatic carbocycles. The van der Waals surface area contributed by atoms with Gasteiger partial charge in [-0.3, -0.25) is 0 Å². The molecule has 0 unspecified atom stereocenters. The monoisotopic (exact) mass is 362 g/mol. The van der Waals surface area contributed by atoms with E-state index in [9.17, 15) is 0 Å². The van der Waals surface area contributed by atoms with Crippen molar-refractivity contribution in [2.75, 3.05) is 13.2 Å². The first-order valence-electron chi connectivity index (χ1n) is 7.36. The molecule has 0 saturated heterocycles. The number of halogens is 2. The van der Waals surface area contributed by atoms with Crippen LogP contribution in [0.2, 0.25) is 0 Å². The lowest BCUT2D eigenvalue weighted by atomic mass is 10.2. The number of ether oxygens (including phenoxy) is 2. The number of hydrogen-bond acceptors (Lipinski definition) is 2.